The van der Waals surface area contributed by atoms with Gasteiger partial charge in [-0.2, -0.15) is 4.98 Å². The highest BCUT2D eigenvalue weighted by molar-refractivity contribution is 5.87. The van der Waals surface area contributed by atoms with Crippen LogP contribution in [0.5, 0.6) is 0 Å². The minimum atomic E-state index is -0.641. The van der Waals surface area contributed by atoms with Crippen LogP contribution >= 0.6 is 0 Å². The van der Waals surface area contributed by atoms with E-state index in [-0.39, 0.29) is 24.3 Å². The van der Waals surface area contributed by atoms with E-state index in [2.05, 4.69) is 20.8 Å². The second-order valence-electron chi connectivity index (χ2n) is 6.49. The Morgan fingerprint density at radius 3 is 2.54 bits per heavy atom. The molecule has 2 rings (SSSR count). The maximum absolute atomic E-state index is 12.0. The van der Waals surface area contributed by atoms with E-state index in [4.69, 9.17) is 10.3 Å². The summed E-state index contributed by atoms with van der Waals surface area (Å²) in [6.07, 6.45) is 0.525. The van der Waals surface area contributed by atoms with Crippen LogP contribution in [0.2, 0.25) is 0 Å². The zero-order valence-corrected chi connectivity index (χ0v) is 15.2. The molecule has 0 bridgehead atoms. The Morgan fingerprint density at radius 2 is 1.88 bits per heavy atom. The molecule has 1 aromatic carbocycles. The van der Waals surface area contributed by atoms with Gasteiger partial charge >= 0.3 is 0 Å². The van der Waals surface area contributed by atoms with Gasteiger partial charge in [0, 0.05) is 0 Å². The van der Waals surface area contributed by atoms with E-state index in [1.54, 1.807) is 6.92 Å². The number of rotatable bonds is 8. The molecule has 26 heavy (non-hydrogen) atoms. The molecule has 0 saturated carbocycles. The van der Waals surface area contributed by atoms with Gasteiger partial charge < -0.3 is 20.9 Å². The molecule has 8 heteroatoms. The summed E-state index contributed by atoms with van der Waals surface area (Å²) in [5, 5.41) is 9.14. The molecule has 8 nitrogen and oxygen atoms in total. The molecule has 2 atom stereocenters. The van der Waals surface area contributed by atoms with E-state index >= 15 is 0 Å². The van der Waals surface area contributed by atoms with Gasteiger partial charge in [-0.25, -0.2) is 0 Å². The minimum absolute atomic E-state index is 0.000601. The number of carbonyl (C=O) groups is 2. The van der Waals surface area contributed by atoms with Crippen LogP contribution in [0, 0.1) is 5.92 Å². The Kier molecular flexibility index (Phi) is 6.85. The van der Waals surface area contributed by atoms with E-state index in [1.807, 2.05) is 44.2 Å². The molecule has 0 aliphatic rings. The quantitative estimate of drug-likeness (QED) is 0.644. The number of nitrogens with zero attached hydrogens (tertiary/aromatic N) is 2. The molecule has 0 saturated heterocycles. The number of hydrogen-bond acceptors (Lipinski definition) is 6. The molecule has 140 valence electrons. The lowest BCUT2D eigenvalue weighted by molar-refractivity contribution is -0.127. The molecule has 0 fully saturated rings. The van der Waals surface area contributed by atoms with Crippen molar-refractivity contribution in [2.24, 2.45) is 11.7 Å². The molecule has 0 radical (unpaired) electrons. The van der Waals surface area contributed by atoms with E-state index < -0.39 is 12.1 Å². The first-order valence-electron chi connectivity index (χ1n) is 8.56. The number of amides is 2. The van der Waals surface area contributed by atoms with Crippen LogP contribution in [-0.2, 0) is 16.0 Å². The van der Waals surface area contributed by atoms with Gasteiger partial charge in [-0.1, -0.05) is 49.3 Å². The smallest absolute Gasteiger partial charge is 0.239 e. The summed E-state index contributed by atoms with van der Waals surface area (Å²) < 4.78 is 5.23. The zero-order chi connectivity index (χ0) is 19.1. The molecule has 4 N–H and O–H groups in total. The fourth-order valence-electron chi connectivity index (χ4n) is 2.23. The number of hydrogen-bond donors (Lipinski definition) is 3. The van der Waals surface area contributed by atoms with Crippen molar-refractivity contribution in [2.45, 2.75) is 39.3 Å². The first kappa shape index (κ1) is 19.6. The van der Waals surface area contributed by atoms with Crippen LogP contribution in [0.25, 0.3) is 0 Å². The summed E-state index contributed by atoms with van der Waals surface area (Å²) in [4.78, 5) is 28.0. The molecule has 0 aliphatic heterocycles. The normalized spacial score (nSPS) is 13.3. The molecule has 0 spiro atoms. The Balaban J connectivity index is 1.83. The summed E-state index contributed by atoms with van der Waals surface area (Å²) in [7, 11) is 0. The molecule has 1 aromatic heterocycles. The molecule has 1 heterocycles. The van der Waals surface area contributed by atoms with Crippen molar-refractivity contribution in [3.63, 3.8) is 0 Å². The van der Waals surface area contributed by atoms with Crippen molar-refractivity contribution in [2.75, 3.05) is 6.54 Å². The molecular weight excluding hydrogens is 334 g/mol. The maximum Gasteiger partial charge on any atom is 0.239 e. The number of aromatic nitrogens is 2. The fraction of sp³-hybridized carbons (Fsp3) is 0.444. The van der Waals surface area contributed by atoms with E-state index in [0.717, 1.165) is 5.56 Å². The highest BCUT2D eigenvalue weighted by Crippen LogP contribution is 2.11. The monoisotopic (exact) mass is 359 g/mol. The summed E-state index contributed by atoms with van der Waals surface area (Å²) in [6.45, 7) is 5.28. The third-order valence-corrected chi connectivity index (χ3v) is 3.89. The molecule has 2 aromatic rings. The molecule has 2 amide bonds. The highest BCUT2D eigenvalue weighted by Gasteiger charge is 2.19. The summed E-state index contributed by atoms with van der Waals surface area (Å²) >= 11 is 0. The van der Waals surface area contributed by atoms with E-state index in [9.17, 15) is 9.59 Å². The second kappa shape index (κ2) is 9.10. The largest absolute Gasteiger partial charge is 0.346 e. The first-order chi connectivity index (χ1) is 12.4. The lowest BCUT2D eigenvalue weighted by Gasteiger charge is -2.16. The number of nitrogens with one attached hydrogen (secondary N) is 2. The number of carbonyl (C=O) groups excluding carboxylic acids is 2. The average Bonchev–Trinajstić information content (AvgIpc) is 3.08. The van der Waals surface area contributed by atoms with Crippen molar-refractivity contribution in [1.82, 2.24) is 20.8 Å². The SMILES string of the molecule is CC(NC(=O)CNC(=O)[C@@H](N)C(C)C)c1noc(Cc2ccccc2)n1. The second-order valence-corrected chi connectivity index (χ2v) is 6.49. The van der Waals surface area contributed by atoms with Crippen molar-refractivity contribution in [3.05, 3.63) is 47.6 Å². The maximum atomic E-state index is 12.0. The van der Waals surface area contributed by atoms with Gasteiger partial charge in [0.05, 0.1) is 25.0 Å². The Hall–Kier alpha value is -2.74. The van der Waals surface area contributed by atoms with Crippen LogP contribution < -0.4 is 16.4 Å². The first-order valence-corrected chi connectivity index (χ1v) is 8.56. The van der Waals surface area contributed by atoms with Gasteiger partial charge in [0.25, 0.3) is 0 Å². The topological polar surface area (TPSA) is 123 Å². The van der Waals surface area contributed by atoms with Crippen LogP contribution in [0.4, 0.5) is 0 Å². The Bertz CT molecular complexity index is 729. The van der Waals surface area contributed by atoms with Crippen LogP contribution in [0.3, 0.4) is 0 Å². The Morgan fingerprint density at radius 1 is 1.19 bits per heavy atom. The highest BCUT2D eigenvalue weighted by atomic mass is 16.5. The van der Waals surface area contributed by atoms with E-state index in [0.29, 0.717) is 18.1 Å². The fourth-order valence-corrected chi connectivity index (χ4v) is 2.23. The van der Waals surface area contributed by atoms with Crippen molar-refractivity contribution >= 4 is 11.8 Å². The van der Waals surface area contributed by atoms with E-state index in [1.165, 1.54) is 0 Å². The lowest BCUT2D eigenvalue weighted by Crippen LogP contribution is -2.47. The van der Waals surface area contributed by atoms with Gasteiger partial charge in [-0.05, 0) is 18.4 Å². The number of nitrogens with two attached hydrogens (primary N) is 1. The third kappa shape index (κ3) is 5.66. The van der Waals surface area contributed by atoms with Crippen LogP contribution in [-0.4, -0.2) is 34.5 Å². The van der Waals surface area contributed by atoms with Gasteiger partial charge in [-0.15, -0.1) is 0 Å². The summed E-state index contributed by atoms with van der Waals surface area (Å²) in [5.41, 5.74) is 6.79. The van der Waals surface area contributed by atoms with Gasteiger partial charge in [0.2, 0.25) is 17.7 Å². The predicted molar refractivity (Wildman–Crippen MR) is 95.9 cm³/mol. The predicted octanol–water partition coefficient (Wildman–Crippen LogP) is 0.937. The standard InChI is InChI=1S/C18H25N5O3/c1-11(2)16(19)18(25)20-10-14(24)21-12(3)17-22-15(26-23-17)9-13-7-5-4-6-8-13/h4-8,11-12,16H,9-10,19H2,1-3H3,(H,20,25)(H,21,24)/t12?,16-/m0/s1. The number of benzene rings is 1. The van der Waals surface area contributed by atoms with Crippen molar-refractivity contribution in [3.8, 4) is 0 Å². The average molecular weight is 359 g/mol. The van der Waals surface area contributed by atoms with Crippen LogP contribution in [0.1, 0.15) is 44.1 Å². The summed E-state index contributed by atoms with van der Waals surface area (Å²) in [6, 6.07) is 8.68. The van der Waals surface area contributed by atoms with Gasteiger partial charge in [0.15, 0.2) is 5.82 Å². The zero-order valence-electron chi connectivity index (χ0n) is 15.2. The van der Waals surface area contributed by atoms with Gasteiger partial charge in [-0.3, -0.25) is 9.59 Å². The van der Waals surface area contributed by atoms with Gasteiger partial charge in [0.1, 0.15) is 0 Å². The molecular formula is C18H25N5O3. The third-order valence-electron chi connectivity index (χ3n) is 3.89. The van der Waals surface area contributed by atoms with Crippen molar-refractivity contribution < 1.29 is 14.1 Å². The molecule has 1 unspecified atom stereocenters. The summed E-state index contributed by atoms with van der Waals surface area (Å²) in [5.74, 6) is 0.154. The van der Waals surface area contributed by atoms with Crippen LogP contribution in [0.15, 0.2) is 34.9 Å². The minimum Gasteiger partial charge on any atom is -0.346 e. The molecule has 0 aliphatic carbocycles. The Labute approximate surface area is 152 Å². The lowest BCUT2D eigenvalue weighted by atomic mass is 10.1. The van der Waals surface area contributed by atoms with Crippen molar-refractivity contribution in [1.29, 1.82) is 0 Å².